The fraction of sp³-hybridized carbons (Fsp3) is 0.304. The summed E-state index contributed by atoms with van der Waals surface area (Å²) in [6, 6.07) is 13.6. The molecule has 0 radical (unpaired) electrons. The second kappa shape index (κ2) is 9.26. The molecular weight excluding hydrogens is 391 g/mol. The second-order valence-electron chi connectivity index (χ2n) is 6.97. The fourth-order valence-electron chi connectivity index (χ4n) is 3.46. The van der Waals surface area contributed by atoms with Crippen molar-refractivity contribution in [3.63, 3.8) is 0 Å². The zero-order chi connectivity index (χ0) is 21.7. The molecule has 1 aromatic heterocycles. The summed E-state index contributed by atoms with van der Waals surface area (Å²) in [5.41, 5.74) is 0.685. The van der Waals surface area contributed by atoms with Crippen LogP contribution in [0.15, 0.2) is 54.7 Å². The third-order valence-corrected chi connectivity index (χ3v) is 5.15. The first-order chi connectivity index (χ1) is 14.3. The molecule has 0 saturated heterocycles. The Kier molecular flexibility index (Phi) is 6.72. The minimum atomic E-state index is -4.67. The van der Waals surface area contributed by atoms with E-state index in [1.165, 1.54) is 18.2 Å². The van der Waals surface area contributed by atoms with Crippen molar-refractivity contribution in [2.45, 2.75) is 33.1 Å². The summed E-state index contributed by atoms with van der Waals surface area (Å²) in [4.78, 5) is 19.0. The molecule has 0 aliphatic heterocycles. The molecule has 0 saturated carbocycles. The Morgan fingerprint density at radius 3 is 2.30 bits per heavy atom. The maximum Gasteiger partial charge on any atom is 0.417 e. The van der Waals surface area contributed by atoms with Gasteiger partial charge in [0.25, 0.3) is 5.91 Å². The quantitative estimate of drug-likeness (QED) is 0.589. The zero-order valence-corrected chi connectivity index (χ0v) is 17.0. The normalized spacial score (nSPS) is 11.8. The van der Waals surface area contributed by atoms with Gasteiger partial charge in [-0.2, -0.15) is 13.2 Å². The van der Waals surface area contributed by atoms with Crippen LogP contribution in [0.4, 0.5) is 13.2 Å². The highest BCUT2D eigenvalue weighted by Gasteiger charge is 2.37. The number of halogens is 3. The van der Waals surface area contributed by atoms with E-state index >= 15 is 0 Å². The van der Waals surface area contributed by atoms with E-state index in [1.54, 1.807) is 6.07 Å². The van der Waals surface area contributed by atoms with Crippen LogP contribution in [0.3, 0.4) is 0 Å². The minimum Gasteiger partial charge on any atom is -0.348 e. The maximum absolute atomic E-state index is 13.8. The van der Waals surface area contributed by atoms with Gasteiger partial charge in [-0.15, -0.1) is 0 Å². The Morgan fingerprint density at radius 2 is 1.63 bits per heavy atom. The Balaban J connectivity index is 1.87. The highest BCUT2D eigenvalue weighted by Crippen LogP contribution is 2.36. The molecule has 0 fully saturated rings. The molecule has 0 bridgehead atoms. The van der Waals surface area contributed by atoms with Crippen molar-refractivity contribution in [3.05, 3.63) is 77.0 Å². The van der Waals surface area contributed by atoms with Crippen LogP contribution in [-0.4, -0.2) is 28.9 Å². The predicted octanol–water partition coefficient (Wildman–Crippen LogP) is 5.03. The summed E-state index contributed by atoms with van der Waals surface area (Å²) in [5.74, 6) is -0.793. The van der Waals surface area contributed by atoms with Crippen molar-refractivity contribution < 1.29 is 18.0 Å². The Labute approximate surface area is 173 Å². The van der Waals surface area contributed by atoms with Crippen molar-refractivity contribution >= 4 is 16.8 Å². The molecule has 7 heteroatoms. The van der Waals surface area contributed by atoms with Crippen molar-refractivity contribution in [1.82, 2.24) is 15.2 Å². The SMILES string of the molecule is CCN(CC)Cc1ccccc1CNC(=O)c1cnc2ccccc2c1C(F)(F)F. The zero-order valence-electron chi connectivity index (χ0n) is 17.0. The number of para-hydroxylation sites is 1. The monoisotopic (exact) mass is 415 g/mol. The summed E-state index contributed by atoms with van der Waals surface area (Å²) in [6.45, 7) is 6.76. The average molecular weight is 415 g/mol. The van der Waals surface area contributed by atoms with E-state index in [4.69, 9.17) is 0 Å². The number of pyridine rings is 1. The minimum absolute atomic E-state index is 0.0837. The van der Waals surface area contributed by atoms with Gasteiger partial charge in [0.15, 0.2) is 0 Å². The van der Waals surface area contributed by atoms with Crippen molar-refractivity contribution in [2.24, 2.45) is 0 Å². The number of fused-ring (bicyclic) bond motifs is 1. The Bertz CT molecular complexity index is 1030. The van der Waals surface area contributed by atoms with Crippen LogP contribution >= 0.6 is 0 Å². The number of hydrogen-bond acceptors (Lipinski definition) is 3. The van der Waals surface area contributed by atoms with Gasteiger partial charge >= 0.3 is 6.18 Å². The number of aromatic nitrogens is 1. The van der Waals surface area contributed by atoms with Gasteiger partial charge in [-0.3, -0.25) is 14.7 Å². The lowest BCUT2D eigenvalue weighted by atomic mass is 10.0. The number of nitrogens with zero attached hydrogens (tertiary/aromatic N) is 2. The van der Waals surface area contributed by atoms with E-state index < -0.39 is 23.2 Å². The number of amides is 1. The van der Waals surface area contributed by atoms with Gasteiger partial charge in [-0.1, -0.05) is 56.3 Å². The van der Waals surface area contributed by atoms with Gasteiger partial charge < -0.3 is 5.32 Å². The molecule has 0 atom stereocenters. The molecule has 3 rings (SSSR count). The van der Waals surface area contributed by atoms with Gasteiger partial charge in [0.2, 0.25) is 0 Å². The number of carbonyl (C=O) groups excluding carboxylic acids is 1. The summed E-state index contributed by atoms with van der Waals surface area (Å²) in [7, 11) is 0. The number of hydrogen-bond donors (Lipinski definition) is 1. The first kappa shape index (κ1) is 21.8. The van der Waals surface area contributed by atoms with Gasteiger partial charge in [0.05, 0.1) is 16.6 Å². The molecule has 4 nitrogen and oxygen atoms in total. The van der Waals surface area contributed by atoms with E-state index in [0.717, 1.165) is 30.4 Å². The van der Waals surface area contributed by atoms with Crippen LogP contribution in [0, 0.1) is 0 Å². The Hall–Kier alpha value is -2.93. The van der Waals surface area contributed by atoms with Crippen LogP contribution < -0.4 is 5.32 Å². The van der Waals surface area contributed by atoms with Crippen LogP contribution in [-0.2, 0) is 19.3 Å². The summed E-state index contributed by atoms with van der Waals surface area (Å²) >= 11 is 0. The van der Waals surface area contributed by atoms with Crippen LogP contribution in [0.1, 0.15) is 40.9 Å². The van der Waals surface area contributed by atoms with Crippen molar-refractivity contribution in [2.75, 3.05) is 13.1 Å². The highest BCUT2D eigenvalue weighted by atomic mass is 19.4. The van der Waals surface area contributed by atoms with Gasteiger partial charge in [-0.25, -0.2) is 0 Å². The third-order valence-electron chi connectivity index (χ3n) is 5.15. The first-order valence-corrected chi connectivity index (χ1v) is 9.87. The molecule has 0 aliphatic rings. The lowest BCUT2D eigenvalue weighted by Gasteiger charge is -2.20. The molecule has 158 valence electrons. The van der Waals surface area contributed by atoms with E-state index in [1.807, 2.05) is 24.3 Å². The molecule has 2 aromatic carbocycles. The van der Waals surface area contributed by atoms with Crippen molar-refractivity contribution in [1.29, 1.82) is 0 Å². The molecule has 3 aromatic rings. The smallest absolute Gasteiger partial charge is 0.348 e. The molecule has 1 heterocycles. The molecule has 0 unspecified atom stereocenters. The largest absolute Gasteiger partial charge is 0.417 e. The topological polar surface area (TPSA) is 45.2 Å². The van der Waals surface area contributed by atoms with E-state index in [-0.39, 0.29) is 17.4 Å². The third kappa shape index (κ3) is 4.79. The molecule has 0 aliphatic carbocycles. The molecule has 0 spiro atoms. The second-order valence-corrected chi connectivity index (χ2v) is 6.97. The number of alkyl halides is 3. The average Bonchev–Trinajstić information content (AvgIpc) is 2.74. The molecular formula is C23H24F3N3O. The summed E-state index contributed by atoms with van der Waals surface area (Å²) in [6.07, 6.45) is -3.67. The summed E-state index contributed by atoms with van der Waals surface area (Å²) in [5, 5.41) is 2.56. The van der Waals surface area contributed by atoms with E-state index in [2.05, 4.69) is 29.0 Å². The van der Waals surface area contributed by atoms with Crippen LogP contribution in [0.2, 0.25) is 0 Å². The molecule has 1 N–H and O–H groups in total. The number of benzene rings is 2. The van der Waals surface area contributed by atoms with Crippen LogP contribution in [0.5, 0.6) is 0 Å². The first-order valence-electron chi connectivity index (χ1n) is 9.87. The Morgan fingerprint density at radius 1 is 1.00 bits per heavy atom. The number of rotatable bonds is 7. The highest BCUT2D eigenvalue weighted by molar-refractivity contribution is 6.00. The standard InChI is InChI=1S/C23H24F3N3O/c1-3-29(4-2)15-17-10-6-5-9-16(17)13-28-22(30)19-14-27-20-12-8-7-11-18(20)21(19)23(24,25)26/h5-12,14H,3-4,13,15H2,1-2H3,(H,28,30). The van der Waals surface area contributed by atoms with Crippen LogP contribution in [0.25, 0.3) is 10.9 Å². The number of carbonyl (C=O) groups is 1. The molecule has 1 amide bonds. The lowest BCUT2D eigenvalue weighted by molar-refractivity contribution is -0.136. The van der Waals surface area contributed by atoms with Gasteiger partial charge in [0.1, 0.15) is 0 Å². The van der Waals surface area contributed by atoms with Gasteiger partial charge in [0, 0.05) is 24.7 Å². The van der Waals surface area contributed by atoms with Crippen molar-refractivity contribution in [3.8, 4) is 0 Å². The van der Waals surface area contributed by atoms with E-state index in [0.29, 0.717) is 6.54 Å². The molecule has 30 heavy (non-hydrogen) atoms. The number of nitrogens with one attached hydrogen (secondary N) is 1. The lowest BCUT2D eigenvalue weighted by Crippen LogP contribution is -2.28. The maximum atomic E-state index is 13.8. The fourth-order valence-corrected chi connectivity index (χ4v) is 3.46. The predicted molar refractivity (Wildman–Crippen MR) is 111 cm³/mol. The summed E-state index contributed by atoms with van der Waals surface area (Å²) < 4.78 is 41.3. The van der Waals surface area contributed by atoms with E-state index in [9.17, 15) is 18.0 Å². The van der Waals surface area contributed by atoms with Gasteiger partial charge in [-0.05, 0) is 30.3 Å².